The standard InChI is InChI=1S/C10H9BrN4/c1-7-13-4-8(5-14-7)15-10-2-3-12-6-9(10)11/h2-6H,1H3,(H,12,15). The van der Waals surface area contributed by atoms with Crippen LogP contribution in [-0.2, 0) is 0 Å². The molecule has 76 valence electrons. The Balaban J connectivity index is 2.22. The van der Waals surface area contributed by atoms with Gasteiger partial charge in [-0.3, -0.25) is 4.98 Å². The van der Waals surface area contributed by atoms with Crippen molar-refractivity contribution < 1.29 is 0 Å². The van der Waals surface area contributed by atoms with Gasteiger partial charge in [-0.05, 0) is 28.9 Å². The van der Waals surface area contributed by atoms with Crippen LogP contribution in [0.25, 0.3) is 0 Å². The van der Waals surface area contributed by atoms with E-state index in [1.807, 2.05) is 13.0 Å². The monoisotopic (exact) mass is 264 g/mol. The van der Waals surface area contributed by atoms with Gasteiger partial charge in [0, 0.05) is 12.4 Å². The summed E-state index contributed by atoms with van der Waals surface area (Å²) in [6.45, 7) is 1.85. The number of hydrogen-bond donors (Lipinski definition) is 1. The van der Waals surface area contributed by atoms with Crippen molar-refractivity contribution >= 4 is 27.3 Å². The van der Waals surface area contributed by atoms with Crippen LogP contribution in [0.5, 0.6) is 0 Å². The van der Waals surface area contributed by atoms with Crippen LogP contribution in [0.1, 0.15) is 5.82 Å². The number of rotatable bonds is 2. The highest BCUT2D eigenvalue weighted by molar-refractivity contribution is 9.10. The van der Waals surface area contributed by atoms with Gasteiger partial charge in [-0.1, -0.05) is 0 Å². The Morgan fingerprint density at radius 3 is 2.60 bits per heavy atom. The molecule has 15 heavy (non-hydrogen) atoms. The van der Waals surface area contributed by atoms with E-state index in [-0.39, 0.29) is 0 Å². The van der Waals surface area contributed by atoms with E-state index in [4.69, 9.17) is 0 Å². The van der Waals surface area contributed by atoms with Crippen molar-refractivity contribution in [3.63, 3.8) is 0 Å². The van der Waals surface area contributed by atoms with Crippen molar-refractivity contribution in [2.75, 3.05) is 5.32 Å². The minimum Gasteiger partial charge on any atom is -0.352 e. The van der Waals surface area contributed by atoms with Crippen molar-refractivity contribution in [2.24, 2.45) is 0 Å². The molecule has 2 rings (SSSR count). The van der Waals surface area contributed by atoms with Crippen LogP contribution in [0, 0.1) is 6.92 Å². The van der Waals surface area contributed by atoms with Gasteiger partial charge in [-0.25, -0.2) is 9.97 Å². The molecule has 5 heteroatoms. The van der Waals surface area contributed by atoms with Gasteiger partial charge in [-0.15, -0.1) is 0 Å². The summed E-state index contributed by atoms with van der Waals surface area (Å²) in [6, 6.07) is 1.88. The molecule has 0 amide bonds. The molecule has 0 radical (unpaired) electrons. The summed E-state index contributed by atoms with van der Waals surface area (Å²) < 4.78 is 0.908. The van der Waals surface area contributed by atoms with E-state index in [0.717, 1.165) is 21.7 Å². The maximum absolute atomic E-state index is 4.10. The molecule has 0 aliphatic rings. The summed E-state index contributed by atoms with van der Waals surface area (Å²) in [6.07, 6.45) is 6.95. The molecule has 2 aromatic rings. The Morgan fingerprint density at radius 2 is 1.93 bits per heavy atom. The number of halogens is 1. The van der Waals surface area contributed by atoms with E-state index in [0.29, 0.717) is 0 Å². The molecule has 0 saturated carbocycles. The average molecular weight is 265 g/mol. The van der Waals surface area contributed by atoms with Gasteiger partial charge in [0.15, 0.2) is 0 Å². The highest BCUT2D eigenvalue weighted by Crippen LogP contribution is 2.23. The smallest absolute Gasteiger partial charge is 0.125 e. The molecule has 0 fully saturated rings. The van der Waals surface area contributed by atoms with Gasteiger partial charge in [-0.2, -0.15) is 0 Å². The molecule has 0 aromatic carbocycles. The third-order valence-electron chi connectivity index (χ3n) is 1.83. The predicted molar refractivity (Wildman–Crippen MR) is 62.0 cm³/mol. The summed E-state index contributed by atoms with van der Waals surface area (Å²) in [5.74, 6) is 0.759. The van der Waals surface area contributed by atoms with Crippen LogP contribution < -0.4 is 5.32 Å². The highest BCUT2D eigenvalue weighted by atomic mass is 79.9. The molecule has 0 aliphatic heterocycles. The van der Waals surface area contributed by atoms with Crippen molar-refractivity contribution in [1.29, 1.82) is 0 Å². The predicted octanol–water partition coefficient (Wildman–Crippen LogP) is 2.69. The highest BCUT2D eigenvalue weighted by Gasteiger charge is 1.99. The molecule has 0 bridgehead atoms. The zero-order valence-corrected chi connectivity index (χ0v) is 9.69. The number of pyridine rings is 1. The first kappa shape index (κ1) is 10.0. The summed E-state index contributed by atoms with van der Waals surface area (Å²) in [5, 5.41) is 3.19. The molecular formula is C10H9BrN4. The van der Waals surface area contributed by atoms with Crippen molar-refractivity contribution in [2.45, 2.75) is 6.92 Å². The molecule has 0 aliphatic carbocycles. The molecule has 1 N–H and O–H groups in total. The summed E-state index contributed by atoms with van der Waals surface area (Å²) in [5.41, 5.74) is 1.80. The number of nitrogens with one attached hydrogen (secondary N) is 1. The lowest BCUT2D eigenvalue weighted by Gasteiger charge is -2.06. The average Bonchev–Trinajstić information content (AvgIpc) is 2.25. The second-order valence-electron chi connectivity index (χ2n) is 3.00. The molecular weight excluding hydrogens is 256 g/mol. The lowest BCUT2D eigenvalue weighted by atomic mass is 10.4. The summed E-state index contributed by atoms with van der Waals surface area (Å²) in [7, 11) is 0. The Morgan fingerprint density at radius 1 is 1.20 bits per heavy atom. The Kier molecular flexibility index (Phi) is 2.91. The minimum absolute atomic E-state index is 0.759. The Bertz CT molecular complexity index is 455. The number of anilines is 2. The van der Waals surface area contributed by atoms with Crippen molar-refractivity contribution in [3.8, 4) is 0 Å². The van der Waals surface area contributed by atoms with E-state index in [1.165, 1.54) is 0 Å². The van der Waals surface area contributed by atoms with Gasteiger partial charge in [0.1, 0.15) is 5.82 Å². The molecule has 4 nitrogen and oxygen atoms in total. The van der Waals surface area contributed by atoms with E-state index < -0.39 is 0 Å². The van der Waals surface area contributed by atoms with Gasteiger partial charge in [0.05, 0.1) is 28.2 Å². The van der Waals surface area contributed by atoms with Crippen LogP contribution in [0.4, 0.5) is 11.4 Å². The third kappa shape index (κ3) is 2.50. The number of hydrogen-bond acceptors (Lipinski definition) is 4. The largest absolute Gasteiger partial charge is 0.352 e. The van der Waals surface area contributed by atoms with Gasteiger partial charge in [0.2, 0.25) is 0 Å². The molecule has 2 heterocycles. The number of nitrogens with zero attached hydrogens (tertiary/aromatic N) is 3. The third-order valence-corrected chi connectivity index (χ3v) is 2.46. The number of aromatic nitrogens is 3. The van der Waals surface area contributed by atoms with Crippen LogP contribution in [0.2, 0.25) is 0 Å². The van der Waals surface area contributed by atoms with Gasteiger partial charge >= 0.3 is 0 Å². The summed E-state index contributed by atoms with van der Waals surface area (Å²) in [4.78, 5) is 12.2. The zero-order chi connectivity index (χ0) is 10.7. The first-order valence-corrected chi connectivity index (χ1v) is 5.20. The normalized spacial score (nSPS) is 10.0. The van der Waals surface area contributed by atoms with E-state index >= 15 is 0 Å². The quantitative estimate of drug-likeness (QED) is 0.906. The lowest BCUT2D eigenvalue weighted by molar-refractivity contribution is 1.05. The van der Waals surface area contributed by atoms with Crippen LogP contribution in [-0.4, -0.2) is 15.0 Å². The fraction of sp³-hybridized carbons (Fsp3) is 0.100. The fourth-order valence-corrected chi connectivity index (χ4v) is 1.44. The first-order chi connectivity index (χ1) is 7.25. The maximum Gasteiger partial charge on any atom is 0.125 e. The maximum atomic E-state index is 4.10. The van der Waals surface area contributed by atoms with Gasteiger partial charge < -0.3 is 5.32 Å². The topological polar surface area (TPSA) is 50.7 Å². The van der Waals surface area contributed by atoms with E-state index in [1.54, 1.807) is 24.8 Å². The lowest BCUT2D eigenvalue weighted by Crippen LogP contribution is -1.95. The van der Waals surface area contributed by atoms with Gasteiger partial charge in [0.25, 0.3) is 0 Å². The molecule has 0 atom stereocenters. The van der Waals surface area contributed by atoms with E-state index in [2.05, 4.69) is 36.2 Å². The molecule has 0 spiro atoms. The minimum atomic E-state index is 0.759. The van der Waals surface area contributed by atoms with Crippen molar-refractivity contribution in [3.05, 3.63) is 41.2 Å². The zero-order valence-electron chi connectivity index (χ0n) is 8.11. The SMILES string of the molecule is Cc1ncc(Nc2ccncc2Br)cn1. The Labute approximate surface area is 95.9 Å². The second-order valence-corrected chi connectivity index (χ2v) is 3.85. The van der Waals surface area contributed by atoms with Crippen LogP contribution in [0.3, 0.4) is 0 Å². The fourth-order valence-electron chi connectivity index (χ4n) is 1.09. The first-order valence-electron chi connectivity index (χ1n) is 4.41. The second kappa shape index (κ2) is 4.35. The van der Waals surface area contributed by atoms with E-state index in [9.17, 15) is 0 Å². The molecule has 0 unspecified atom stereocenters. The molecule has 0 saturated heterocycles. The molecule has 2 aromatic heterocycles. The van der Waals surface area contributed by atoms with Crippen LogP contribution in [0.15, 0.2) is 35.3 Å². The summed E-state index contributed by atoms with van der Waals surface area (Å²) >= 11 is 3.40. The van der Waals surface area contributed by atoms with Crippen LogP contribution >= 0.6 is 15.9 Å². The number of aryl methyl sites for hydroxylation is 1. The Hall–Kier alpha value is -1.49. The van der Waals surface area contributed by atoms with Crippen molar-refractivity contribution in [1.82, 2.24) is 15.0 Å².